The molecule has 0 aromatic carbocycles. The van der Waals surface area contributed by atoms with Crippen molar-refractivity contribution in [2.45, 2.75) is 39.7 Å². The molecule has 2 heterocycles. The molecule has 0 aliphatic heterocycles. The second kappa shape index (κ2) is 5.40. The van der Waals surface area contributed by atoms with Gasteiger partial charge in [0.15, 0.2) is 5.82 Å². The number of carbonyl (C=O) groups is 1. The maximum Gasteiger partial charge on any atom is 0.270 e. The summed E-state index contributed by atoms with van der Waals surface area (Å²) < 4.78 is 4.95. The van der Waals surface area contributed by atoms with Crippen molar-refractivity contribution in [2.75, 3.05) is 0 Å². The van der Waals surface area contributed by atoms with Crippen molar-refractivity contribution >= 4 is 5.91 Å². The fraction of sp³-hybridized carbons (Fsp3) is 0.429. The fourth-order valence-electron chi connectivity index (χ4n) is 1.78. The summed E-state index contributed by atoms with van der Waals surface area (Å²) in [6, 6.07) is 3.68. The molecule has 0 spiro atoms. The van der Waals surface area contributed by atoms with Gasteiger partial charge < -0.3 is 9.84 Å². The normalized spacial score (nSPS) is 11.4. The van der Waals surface area contributed by atoms with Crippen molar-refractivity contribution in [3.63, 3.8) is 0 Å². The van der Waals surface area contributed by atoms with E-state index in [1.165, 1.54) is 0 Å². The van der Waals surface area contributed by atoms with Crippen LogP contribution < -0.4 is 5.32 Å². The topological polar surface area (TPSA) is 80.9 Å². The summed E-state index contributed by atoms with van der Waals surface area (Å²) in [7, 11) is 0. The van der Waals surface area contributed by atoms with Crippen molar-refractivity contribution < 1.29 is 9.32 Å². The van der Waals surface area contributed by atoms with Crippen LogP contribution >= 0.6 is 0 Å². The van der Waals surface area contributed by atoms with Crippen LogP contribution in [0.15, 0.2) is 22.9 Å². The molecule has 6 nitrogen and oxygen atoms in total. The van der Waals surface area contributed by atoms with E-state index in [0.717, 1.165) is 12.0 Å². The number of hydrogen-bond donors (Lipinski definition) is 1. The summed E-state index contributed by atoms with van der Waals surface area (Å²) in [6.45, 7) is 7.38. The predicted octanol–water partition coefficient (Wildman–Crippen LogP) is 2.00. The summed E-state index contributed by atoms with van der Waals surface area (Å²) in [6.07, 6.45) is 2.50. The standard InChI is InChI=1S/C14H18N4O2/c1-5-10-6-7-15-11(8-10)12(19)17-14(3,4)13-16-9(2)20-18-13/h6-8H,5H2,1-4H3,(H,17,19). The average molecular weight is 274 g/mol. The number of rotatable bonds is 4. The molecule has 0 fully saturated rings. The molecule has 0 aliphatic carbocycles. The Morgan fingerprint density at radius 3 is 2.80 bits per heavy atom. The minimum absolute atomic E-state index is 0.257. The highest BCUT2D eigenvalue weighted by atomic mass is 16.5. The molecular formula is C14H18N4O2. The van der Waals surface area contributed by atoms with Crippen LogP contribution in [0.2, 0.25) is 0 Å². The van der Waals surface area contributed by atoms with Crippen molar-refractivity contribution in [3.8, 4) is 0 Å². The Balaban J connectivity index is 2.18. The van der Waals surface area contributed by atoms with Gasteiger partial charge in [-0.05, 0) is 38.0 Å². The smallest absolute Gasteiger partial charge is 0.270 e. The van der Waals surface area contributed by atoms with Gasteiger partial charge in [-0.3, -0.25) is 9.78 Å². The summed E-state index contributed by atoms with van der Waals surface area (Å²) in [5.74, 6) is 0.649. The summed E-state index contributed by atoms with van der Waals surface area (Å²) >= 11 is 0. The Hall–Kier alpha value is -2.24. The van der Waals surface area contributed by atoms with Crippen LogP contribution in [0.25, 0.3) is 0 Å². The molecular weight excluding hydrogens is 256 g/mol. The van der Waals surface area contributed by atoms with Gasteiger partial charge in [0.25, 0.3) is 5.91 Å². The molecule has 0 saturated carbocycles. The van der Waals surface area contributed by atoms with E-state index >= 15 is 0 Å². The Morgan fingerprint density at radius 1 is 1.45 bits per heavy atom. The average Bonchev–Trinajstić information content (AvgIpc) is 2.86. The van der Waals surface area contributed by atoms with E-state index in [1.807, 2.05) is 26.8 Å². The minimum atomic E-state index is -0.723. The summed E-state index contributed by atoms with van der Waals surface area (Å²) in [5.41, 5.74) is 0.731. The van der Waals surface area contributed by atoms with Crippen LogP contribution in [0.1, 0.15) is 48.5 Å². The van der Waals surface area contributed by atoms with E-state index in [4.69, 9.17) is 4.52 Å². The summed E-state index contributed by atoms with van der Waals surface area (Å²) in [5, 5.41) is 6.71. The molecule has 0 aliphatic rings. The molecule has 20 heavy (non-hydrogen) atoms. The van der Waals surface area contributed by atoms with E-state index in [-0.39, 0.29) is 5.91 Å². The zero-order valence-electron chi connectivity index (χ0n) is 12.1. The van der Waals surface area contributed by atoms with E-state index < -0.39 is 5.54 Å². The third kappa shape index (κ3) is 3.01. The molecule has 0 saturated heterocycles. The first-order valence-electron chi connectivity index (χ1n) is 6.50. The summed E-state index contributed by atoms with van der Waals surface area (Å²) in [4.78, 5) is 20.5. The minimum Gasteiger partial charge on any atom is -0.340 e. The Bertz CT molecular complexity index is 619. The maximum atomic E-state index is 12.2. The molecule has 2 aromatic heterocycles. The van der Waals surface area contributed by atoms with E-state index in [0.29, 0.717) is 17.4 Å². The molecule has 0 unspecified atom stereocenters. The molecule has 2 rings (SSSR count). The Morgan fingerprint density at radius 2 is 2.20 bits per heavy atom. The number of nitrogens with zero attached hydrogens (tertiary/aromatic N) is 3. The molecule has 1 N–H and O–H groups in total. The number of hydrogen-bond acceptors (Lipinski definition) is 5. The molecule has 1 amide bonds. The molecule has 106 valence electrons. The number of pyridine rings is 1. The highest BCUT2D eigenvalue weighted by Crippen LogP contribution is 2.17. The number of aromatic nitrogens is 3. The van der Waals surface area contributed by atoms with Crippen LogP contribution in [0.4, 0.5) is 0 Å². The molecule has 6 heteroatoms. The van der Waals surface area contributed by atoms with Gasteiger partial charge >= 0.3 is 0 Å². The van der Waals surface area contributed by atoms with Gasteiger partial charge in [-0.2, -0.15) is 4.98 Å². The third-order valence-corrected chi connectivity index (χ3v) is 2.98. The van der Waals surface area contributed by atoms with Gasteiger partial charge in [0.1, 0.15) is 5.69 Å². The van der Waals surface area contributed by atoms with Gasteiger partial charge in [-0.1, -0.05) is 12.1 Å². The third-order valence-electron chi connectivity index (χ3n) is 2.98. The largest absolute Gasteiger partial charge is 0.340 e. The zero-order chi connectivity index (χ0) is 14.8. The van der Waals surface area contributed by atoms with Gasteiger partial charge in [0, 0.05) is 13.1 Å². The van der Waals surface area contributed by atoms with Gasteiger partial charge in [0.05, 0.1) is 5.54 Å². The van der Waals surface area contributed by atoms with Gasteiger partial charge in [0.2, 0.25) is 5.89 Å². The van der Waals surface area contributed by atoms with Crippen molar-refractivity contribution in [1.82, 2.24) is 20.4 Å². The number of amides is 1. The van der Waals surface area contributed by atoms with Crippen LogP contribution in [-0.4, -0.2) is 21.0 Å². The first kappa shape index (κ1) is 14.2. The maximum absolute atomic E-state index is 12.2. The SMILES string of the molecule is CCc1ccnc(C(=O)NC(C)(C)c2noc(C)n2)c1. The highest BCUT2D eigenvalue weighted by molar-refractivity contribution is 5.92. The predicted molar refractivity (Wildman–Crippen MR) is 73.1 cm³/mol. The second-order valence-corrected chi connectivity index (χ2v) is 5.12. The zero-order valence-corrected chi connectivity index (χ0v) is 12.1. The van der Waals surface area contributed by atoms with Crippen molar-refractivity contribution in [3.05, 3.63) is 41.3 Å². The number of carbonyl (C=O) groups excluding carboxylic acids is 1. The van der Waals surface area contributed by atoms with Crippen LogP contribution in [0.5, 0.6) is 0 Å². The Labute approximate surface area is 117 Å². The lowest BCUT2D eigenvalue weighted by molar-refractivity contribution is 0.0902. The second-order valence-electron chi connectivity index (χ2n) is 5.12. The molecule has 0 radical (unpaired) electrons. The van der Waals surface area contributed by atoms with E-state index in [9.17, 15) is 4.79 Å². The number of aryl methyl sites for hydroxylation is 2. The molecule has 0 bridgehead atoms. The quantitative estimate of drug-likeness (QED) is 0.922. The monoisotopic (exact) mass is 274 g/mol. The van der Waals surface area contributed by atoms with Gasteiger partial charge in [-0.25, -0.2) is 0 Å². The fourth-order valence-corrected chi connectivity index (χ4v) is 1.78. The van der Waals surface area contributed by atoms with E-state index in [2.05, 4.69) is 20.4 Å². The van der Waals surface area contributed by atoms with Crippen molar-refractivity contribution in [2.24, 2.45) is 0 Å². The molecule has 2 aromatic rings. The Kier molecular flexibility index (Phi) is 3.83. The van der Waals surface area contributed by atoms with Gasteiger partial charge in [-0.15, -0.1) is 0 Å². The van der Waals surface area contributed by atoms with Crippen LogP contribution in [-0.2, 0) is 12.0 Å². The van der Waals surface area contributed by atoms with Crippen molar-refractivity contribution in [1.29, 1.82) is 0 Å². The lowest BCUT2D eigenvalue weighted by atomic mass is 10.0. The lowest BCUT2D eigenvalue weighted by Crippen LogP contribution is -2.42. The number of nitrogens with one attached hydrogen (secondary N) is 1. The highest BCUT2D eigenvalue weighted by Gasteiger charge is 2.29. The lowest BCUT2D eigenvalue weighted by Gasteiger charge is -2.22. The van der Waals surface area contributed by atoms with E-state index in [1.54, 1.807) is 19.2 Å². The van der Waals surface area contributed by atoms with Crippen LogP contribution in [0, 0.1) is 6.92 Å². The first-order valence-corrected chi connectivity index (χ1v) is 6.50. The first-order chi connectivity index (χ1) is 9.42. The molecule has 0 atom stereocenters. The van der Waals surface area contributed by atoms with Crippen LogP contribution in [0.3, 0.4) is 0 Å².